The van der Waals surface area contributed by atoms with Gasteiger partial charge in [0.25, 0.3) is 11.1 Å². The van der Waals surface area contributed by atoms with Gasteiger partial charge in [0.15, 0.2) is 22.9 Å². The lowest BCUT2D eigenvalue weighted by Crippen LogP contribution is -2.17. The predicted molar refractivity (Wildman–Crippen MR) is 232 cm³/mol. The van der Waals surface area contributed by atoms with Gasteiger partial charge in [-0.05, 0) is 99.5 Å². The third-order valence-corrected chi connectivity index (χ3v) is 11.0. The number of para-hydroxylation sites is 4. The molecule has 16 heteroatoms. The summed E-state index contributed by atoms with van der Waals surface area (Å²) in [7, 11) is 0. The number of carbonyl (C=O) groups excluding carboxylic acids is 2. The molecule has 294 valence electrons. The summed E-state index contributed by atoms with van der Waals surface area (Å²) in [6, 6.07) is 28.3. The van der Waals surface area contributed by atoms with E-state index in [-0.39, 0.29) is 33.0 Å². The van der Waals surface area contributed by atoms with Crippen LogP contribution in [0, 0.1) is 13.8 Å². The van der Waals surface area contributed by atoms with Gasteiger partial charge < -0.3 is 9.97 Å². The van der Waals surface area contributed by atoms with Crippen LogP contribution in [0.1, 0.15) is 45.7 Å². The van der Waals surface area contributed by atoms with Gasteiger partial charge in [-0.15, -0.1) is 30.7 Å². The Kier molecular flexibility index (Phi) is 9.37. The average molecular weight is 834 g/mol. The molecule has 0 saturated carbocycles. The standard InChI is InChI=1S/C44H30Cl2N10O4/c1-21-37(23(3)57)41-47-33-9-5-7-11-35(33)55(41)43(59)39(21)53-51-31-15-13-25(19-27(31)45)29-17-18-30(50-49-29)26-14-16-32(28(46)20-26)52-54-40-22(2)38(24(4)58)42-48-34-10-6-8-12-36(34)56(42)44(40)60/h5-20,47-48H,1-4H3. The van der Waals surface area contributed by atoms with E-state index in [0.29, 0.717) is 89.5 Å². The largest absolute Gasteiger partial charge is 0.339 e. The number of azo groups is 2. The molecule has 0 radical (unpaired) electrons. The van der Waals surface area contributed by atoms with Gasteiger partial charge in [-0.2, -0.15) is 0 Å². The number of aromatic amines is 2. The number of aromatic nitrogens is 6. The van der Waals surface area contributed by atoms with Gasteiger partial charge in [0.05, 0.1) is 54.6 Å². The quantitative estimate of drug-likeness (QED) is 0.113. The molecular formula is C44H30Cl2N10O4. The molecular weight excluding hydrogens is 803 g/mol. The van der Waals surface area contributed by atoms with Crippen molar-refractivity contribution >= 4 is 90.9 Å². The molecule has 14 nitrogen and oxygen atoms in total. The zero-order valence-corrected chi connectivity index (χ0v) is 33.7. The average Bonchev–Trinajstić information content (AvgIpc) is 3.80. The van der Waals surface area contributed by atoms with Crippen molar-refractivity contribution in [3.8, 4) is 22.5 Å². The van der Waals surface area contributed by atoms with E-state index in [9.17, 15) is 19.2 Å². The number of imidazole rings is 2. The van der Waals surface area contributed by atoms with Crippen molar-refractivity contribution in [1.29, 1.82) is 0 Å². The first-order valence-electron chi connectivity index (χ1n) is 18.5. The van der Waals surface area contributed by atoms with Crippen LogP contribution in [0.25, 0.3) is 55.9 Å². The van der Waals surface area contributed by atoms with Crippen molar-refractivity contribution in [3.63, 3.8) is 0 Å². The molecule has 0 amide bonds. The van der Waals surface area contributed by atoms with Gasteiger partial charge in [-0.25, -0.2) is 0 Å². The normalized spacial score (nSPS) is 12.0. The lowest BCUT2D eigenvalue weighted by Gasteiger charge is -2.08. The predicted octanol–water partition coefficient (Wildman–Crippen LogP) is 11.2. The fourth-order valence-electron chi connectivity index (χ4n) is 7.49. The summed E-state index contributed by atoms with van der Waals surface area (Å²) in [6.45, 7) is 6.22. The lowest BCUT2D eigenvalue weighted by molar-refractivity contribution is 0.100. The summed E-state index contributed by atoms with van der Waals surface area (Å²) in [5.41, 5.74) is 7.15. The second-order valence-corrected chi connectivity index (χ2v) is 14.9. The Morgan fingerprint density at radius 2 is 0.967 bits per heavy atom. The molecule has 0 bridgehead atoms. The van der Waals surface area contributed by atoms with Crippen molar-refractivity contribution in [1.82, 2.24) is 29.0 Å². The number of rotatable bonds is 8. The second kappa shape index (κ2) is 14.8. The van der Waals surface area contributed by atoms with E-state index in [1.165, 1.54) is 22.6 Å². The highest BCUT2D eigenvalue weighted by Gasteiger charge is 2.23. The highest BCUT2D eigenvalue weighted by atomic mass is 35.5. The van der Waals surface area contributed by atoms with Gasteiger partial charge in [-0.1, -0.05) is 59.6 Å². The Hall–Kier alpha value is -7.42. The number of hydrogen-bond donors (Lipinski definition) is 2. The molecule has 5 aromatic heterocycles. The number of nitrogens with one attached hydrogen (secondary N) is 2. The van der Waals surface area contributed by atoms with E-state index in [1.807, 2.05) is 36.4 Å². The molecule has 0 saturated heterocycles. The highest BCUT2D eigenvalue weighted by molar-refractivity contribution is 6.33. The molecule has 4 aromatic carbocycles. The number of pyridine rings is 2. The zero-order chi connectivity index (χ0) is 42.0. The van der Waals surface area contributed by atoms with Crippen molar-refractivity contribution in [2.75, 3.05) is 0 Å². The Labute approximate surface area is 348 Å². The molecule has 0 aliphatic rings. The van der Waals surface area contributed by atoms with E-state index < -0.39 is 11.1 Å². The van der Waals surface area contributed by atoms with E-state index in [1.54, 1.807) is 74.5 Å². The molecule has 0 spiro atoms. The molecule has 5 heterocycles. The van der Waals surface area contributed by atoms with Crippen LogP contribution < -0.4 is 11.1 Å². The molecule has 2 N–H and O–H groups in total. The lowest BCUT2D eigenvalue weighted by atomic mass is 10.1. The van der Waals surface area contributed by atoms with Gasteiger partial charge >= 0.3 is 0 Å². The maximum Gasteiger partial charge on any atom is 0.284 e. The number of benzene rings is 4. The van der Waals surface area contributed by atoms with Crippen LogP contribution in [0.5, 0.6) is 0 Å². The number of ketones is 2. The van der Waals surface area contributed by atoms with Crippen LogP contribution in [-0.4, -0.2) is 40.5 Å². The maximum absolute atomic E-state index is 13.7. The van der Waals surface area contributed by atoms with Gasteiger partial charge in [0.2, 0.25) is 0 Å². The van der Waals surface area contributed by atoms with E-state index in [2.05, 4.69) is 40.6 Å². The number of hydrogen-bond acceptors (Lipinski definition) is 10. The summed E-state index contributed by atoms with van der Waals surface area (Å²) in [4.78, 5) is 59.3. The van der Waals surface area contributed by atoms with Gasteiger partial charge in [-0.3, -0.25) is 28.0 Å². The van der Waals surface area contributed by atoms with Crippen LogP contribution >= 0.6 is 23.2 Å². The SMILES string of the molecule is CC(=O)c1c(C)c(N=Nc2ccc(-c3ccc(-c4ccc(N=Nc5c(C)c(C(C)=O)c6[nH]c7ccccc7n6c5=O)c(Cl)c4)nn3)cc2Cl)c(=O)n2c1[nH]c1ccccc12. The number of Topliss-reactive ketones (excluding diaryl/α,β-unsaturated/α-hetero) is 2. The van der Waals surface area contributed by atoms with E-state index in [0.717, 1.165) is 0 Å². The minimum absolute atomic E-state index is 0.0256. The molecule has 0 aliphatic heterocycles. The Morgan fingerprint density at radius 1 is 0.567 bits per heavy atom. The van der Waals surface area contributed by atoms with Crippen LogP contribution in [0.2, 0.25) is 10.0 Å². The first kappa shape index (κ1) is 38.1. The highest BCUT2D eigenvalue weighted by Crippen LogP contribution is 2.35. The molecule has 9 aromatic rings. The number of nitrogens with zero attached hydrogens (tertiary/aromatic N) is 8. The van der Waals surface area contributed by atoms with Crippen molar-refractivity contribution < 1.29 is 9.59 Å². The first-order valence-corrected chi connectivity index (χ1v) is 19.3. The van der Waals surface area contributed by atoms with Crippen molar-refractivity contribution in [2.45, 2.75) is 27.7 Å². The van der Waals surface area contributed by atoms with E-state index >= 15 is 0 Å². The molecule has 0 atom stereocenters. The molecule has 9 rings (SSSR count). The third-order valence-electron chi connectivity index (χ3n) is 10.4. The summed E-state index contributed by atoms with van der Waals surface area (Å²) >= 11 is 13.3. The Morgan fingerprint density at radius 3 is 1.33 bits per heavy atom. The summed E-state index contributed by atoms with van der Waals surface area (Å²) in [5, 5.41) is 26.5. The van der Waals surface area contributed by atoms with Crippen LogP contribution in [0.4, 0.5) is 22.7 Å². The van der Waals surface area contributed by atoms with Gasteiger partial charge in [0, 0.05) is 11.1 Å². The minimum atomic E-state index is -0.423. The molecule has 60 heavy (non-hydrogen) atoms. The summed E-state index contributed by atoms with van der Waals surface area (Å²) in [6.07, 6.45) is 0. The smallest absolute Gasteiger partial charge is 0.284 e. The van der Waals surface area contributed by atoms with Crippen molar-refractivity contribution in [3.05, 3.63) is 150 Å². The minimum Gasteiger partial charge on any atom is -0.339 e. The third kappa shape index (κ3) is 6.29. The second-order valence-electron chi connectivity index (χ2n) is 14.1. The number of halogens is 2. The summed E-state index contributed by atoms with van der Waals surface area (Å²) < 4.78 is 2.89. The van der Waals surface area contributed by atoms with Crippen LogP contribution in [0.15, 0.2) is 127 Å². The number of carbonyl (C=O) groups is 2. The molecule has 0 unspecified atom stereocenters. The number of H-pyrrole nitrogens is 2. The summed E-state index contributed by atoms with van der Waals surface area (Å²) in [5.74, 6) is -0.443. The monoisotopic (exact) mass is 832 g/mol. The maximum atomic E-state index is 13.7. The Balaban J connectivity index is 0.966. The van der Waals surface area contributed by atoms with E-state index in [4.69, 9.17) is 23.2 Å². The first-order chi connectivity index (χ1) is 28.9. The molecule has 0 aliphatic carbocycles. The molecule has 0 fully saturated rings. The fraction of sp³-hybridized carbons (Fsp3) is 0.0909. The van der Waals surface area contributed by atoms with Crippen LogP contribution in [-0.2, 0) is 0 Å². The van der Waals surface area contributed by atoms with Crippen molar-refractivity contribution in [2.24, 2.45) is 20.5 Å². The van der Waals surface area contributed by atoms with Crippen LogP contribution in [0.3, 0.4) is 0 Å². The van der Waals surface area contributed by atoms with Gasteiger partial charge in [0.1, 0.15) is 22.7 Å². The Bertz CT molecular complexity index is 3260. The fourth-order valence-corrected chi connectivity index (χ4v) is 7.93. The number of fused-ring (bicyclic) bond motifs is 6. The zero-order valence-electron chi connectivity index (χ0n) is 32.2. The topological polar surface area (TPSA) is 184 Å².